The van der Waals surface area contributed by atoms with Gasteiger partial charge in [-0.25, -0.2) is 4.98 Å². The second kappa shape index (κ2) is 9.02. The van der Waals surface area contributed by atoms with Crippen LogP contribution in [0.3, 0.4) is 0 Å². The molecule has 0 unspecified atom stereocenters. The first-order valence-corrected chi connectivity index (χ1v) is 11.2. The van der Waals surface area contributed by atoms with Crippen molar-refractivity contribution in [3.05, 3.63) is 47.2 Å². The molecule has 2 aliphatic rings. The predicted molar refractivity (Wildman–Crippen MR) is 121 cm³/mol. The predicted octanol–water partition coefficient (Wildman–Crippen LogP) is 3.44. The Morgan fingerprint density at radius 2 is 1.80 bits per heavy atom. The Kier molecular flexibility index (Phi) is 6.21. The van der Waals surface area contributed by atoms with Gasteiger partial charge in [-0.2, -0.15) is 4.98 Å². The molecule has 1 saturated heterocycles. The number of hydrogen-bond acceptors (Lipinski definition) is 5. The van der Waals surface area contributed by atoms with E-state index in [0.717, 1.165) is 54.6 Å². The normalized spacial score (nSPS) is 16.5. The highest BCUT2D eigenvalue weighted by Gasteiger charge is 2.28. The van der Waals surface area contributed by atoms with Gasteiger partial charge in [0.2, 0.25) is 11.9 Å². The van der Waals surface area contributed by atoms with Gasteiger partial charge < -0.3 is 14.7 Å². The zero-order valence-corrected chi connectivity index (χ0v) is 18.5. The summed E-state index contributed by atoms with van der Waals surface area (Å²) in [6.07, 6.45) is 4.93. The van der Waals surface area contributed by atoms with E-state index in [1.165, 1.54) is 19.3 Å². The molecule has 0 N–H and O–H groups in total. The molecule has 0 spiro atoms. The van der Waals surface area contributed by atoms with Crippen LogP contribution in [0.5, 0.6) is 0 Å². The number of hydrogen-bond donors (Lipinski definition) is 0. The van der Waals surface area contributed by atoms with Crippen LogP contribution in [0.4, 0.5) is 11.8 Å². The largest absolute Gasteiger partial charge is 0.357 e. The molecule has 1 fully saturated rings. The lowest BCUT2D eigenvalue weighted by Gasteiger charge is -2.35. The summed E-state index contributed by atoms with van der Waals surface area (Å²) in [5.74, 6) is 2.01. The molecule has 3 heterocycles. The van der Waals surface area contributed by atoms with Crippen LogP contribution in [0.2, 0.25) is 0 Å². The molecule has 1 aromatic carbocycles. The zero-order valence-electron chi connectivity index (χ0n) is 18.5. The molecule has 2 aromatic rings. The number of nitrogens with zero attached hydrogens (tertiary/aromatic N) is 5. The van der Waals surface area contributed by atoms with E-state index in [0.29, 0.717) is 19.0 Å². The maximum Gasteiger partial charge on any atom is 0.227 e. The lowest BCUT2D eigenvalue weighted by molar-refractivity contribution is -0.131. The monoisotopic (exact) mass is 407 g/mol. The highest BCUT2D eigenvalue weighted by atomic mass is 16.2. The molecule has 0 radical (unpaired) electrons. The van der Waals surface area contributed by atoms with Crippen LogP contribution in [0, 0.1) is 0 Å². The maximum absolute atomic E-state index is 13.0. The van der Waals surface area contributed by atoms with Gasteiger partial charge in [0, 0.05) is 44.7 Å². The third-order valence-corrected chi connectivity index (χ3v) is 6.33. The van der Waals surface area contributed by atoms with Gasteiger partial charge in [-0.3, -0.25) is 4.79 Å². The van der Waals surface area contributed by atoms with Crippen molar-refractivity contribution in [1.29, 1.82) is 0 Å². The first kappa shape index (κ1) is 20.6. The number of piperidine rings is 1. The summed E-state index contributed by atoms with van der Waals surface area (Å²) in [5.41, 5.74) is 3.28. The summed E-state index contributed by atoms with van der Waals surface area (Å²) >= 11 is 0. The second-order valence-corrected chi connectivity index (χ2v) is 8.75. The summed E-state index contributed by atoms with van der Waals surface area (Å²) in [6, 6.07) is 10.3. The van der Waals surface area contributed by atoms with E-state index in [9.17, 15) is 4.79 Å². The highest BCUT2D eigenvalue weighted by molar-refractivity contribution is 5.79. The minimum atomic E-state index is 0.171. The van der Waals surface area contributed by atoms with Gasteiger partial charge in [0.1, 0.15) is 5.82 Å². The van der Waals surface area contributed by atoms with E-state index in [4.69, 9.17) is 9.97 Å². The van der Waals surface area contributed by atoms with Crippen LogP contribution < -0.4 is 9.80 Å². The number of carbonyl (C=O) groups is 1. The number of anilines is 2. The molecule has 0 bridgehead atoms. The number of amides is 1. The number of carbonyl (C=O) groups excluding carboxylic acids is 1. The van der Waals surface area contributed by atoms with E-state index >= 15 is 0 Å². The molecule has 4 rings (SSSR count). The lowest BCUT2D eigenvalue weighted by Crippen LogP contribution is -2.40. The van der Waals surface area contributed by atoms with Crippen molar-refractivity contribution in [2.45, 2.75) is 58.5 Å². The third kappa shape index (κ3) is 4.42. The van der Waals surface area contributed by atoms with Crippen molar-refractivity contribution in [3.63, 3.8) is 0 Å². The first-order valence-electron chi connectivity index (χ1n) is 11.2. The topological polar surface area (TPSA) is 52.6 Å². The Bertz CT molecular complexity index is 877. The summed E-state index contributed by atoms with van der Waals surface area (Å²) < 4.78 is 0. The fourth-order valence-corrected chi connectivity index (χ4v) is 4.25. The Morgan fingerprint density at radius 3 is 2.50 bits per heavy atom. The van der Waals surface area contributed by atoms with E-state index in [-0.39, 0.29) is 5.91 Å². The highest BCUT2D eigenvalue weighted by Crippen LogP contribution is 2.30. The number of fused-ring (bicyclic) bond motifs is 1. The smallest absolute Gasteiger partial charge is 0.227 e. The molecule has 0 aliphatic carbocycles. The molecule has 1 aromatic heterocycles. The zero-order chi connectivity index (χ0) is 21.1. The van der Waals surface area contributed by atoms with Gasteiger partial charge in [0.05, 0.1) is 18.7 Å². The van der Waals surface area contributed by atoms with Gasteiger partial charge in [0.25, 0.3) is 0 Å². The molecule has 30 heavy (non-hydrogen) atoms. The quantitative estimate of drug-likeness (QED) is 0.760. The van der Waals surface area contributed by atoms with Crippen molar-refractivity contribution < 1.29 is 4.79 Å². The Labute approximate surface area is 179 Å². The maximum atomic E-state index is 13.0. The summed E-state index contributed by atoms with van der Waals surface area (Å²) in [5, 5.41) is 0. The second-order valence-electron chi connectivity index (χ2n) is 8.75. The fraction of sp³-hybridized carbons (Fsp3) is 0.542. The Balaban J connectivity index is 1.60. The van der Waals surface area contributed by atoms with E-state index < -0.39 is 0 Å². The van der Waals surface area contributed by atoms with Crippen LogP contribution in [-0.4, -0.2) is 53.5 Å². The summed E-state index contributed by atoms with van der Waals surface area (Å²) in [6.45, 7) is 7.73. The third-order valence-electron chi connectivity index (χ3n) is 6.33. The van der Waals surface area contributed by atoms with Gasteiger partial charge in [0.15, 0.2) is 0 Å². The van der Waals surface area contributed by atoms with Gasteiger partial charge in [-0.05, 0) is 38.7 Å². The van der Waals surface area contributed by atoms with Gasteiger partial charge in [-0.15, -0.1) is 0 Å². The average Bonchev–Trinajstić information content (AvgIpc) is 2.78. The van der Waals surface area contributed by atoms with E-state index in [1.54, 1.807) is 0 Å². The lowest BCUT2D eigenvalue weighted by atomic mass is 10.0. The molecular formula is C24H33N5O. The first-order chi connectivity index (χ1) is 14.5. The van der Waals surface area contributed by atoms with Crippen molar-refractivity contribution in [2.75, 3.05) is 36.5 Å². The minimum absolute atomic E-state index is 0.171. The Hall–Kier alpha value is -2.63. The molecular weight excluding hydrogens is 374 g/mol. The minimum Gasteiger partial charge on any atom is -0.357 e. The summed E-state index contributed by atoms with van der Waals surface area (Å²) in [7, 11) is 2.10. The van der Waals surface area contributed by atoms with Crippen molar-refractivity contribution in [3.8, 4) is 0 Å². The molecule has 6 heteroatoms. The molecule has 160 valence electrons. The number of aromatic nitrogens is 2. The number of benzene rings is 1. The van der Waals surface area contributed by atoms with Crippen LogP contribution >= 0.6 is 0 Å². The van der Waals surface area contributed by atoms with Gasteiger partial charge >= 0.3 is 0 Å². The summed E-state index contributed by atoms with van der Waals surface area (Å²) in [4.78, 5) is 29.5. The van der Waals surface area contributed by atoms with Crippen LogP contribution in [0.25, 0.3) is 0 Å². The van der Waals surface area contributed by atoms with Crippen molar-refractivity contribution >= 4 is 17.7 Å². The molecule has 2 aliphatic heterocycles. The van der Waals surface area contributed by atoms with Crippen molar-refractivity contribution in [2.24, 2.45) is 0 Å². The van der Waals surface area contributed by atoms with Crippen molar-refractivity contribution in [1.82, 2.24) is 14.9 Å². The fourth-order valence-electron chi connectivity index (χ4n) is 4.25. The van der Waals surface area contributed by atoms with Gasteiger partial charge in [-0.1, -0.05) is 30.3 Å². The average molecular weight is 408 g/mol. The van der Waals surface area contributed by atoms with Crippen LogP contribution in [0.15, 0.2) is 30.3 Å². The molecule has 0 atom stereocenters. The van der Waals surface area contributed by atoms with Crippen LogP contribution in [0.1, 0.15) is 49.9 Å². The van der Waals surface area contributed by atoms with E-state index in [2.05, 4.69) is 30.7 Å². The SMILES string of the molecule is CC(C)N(C)c1nc(N2CCCCC2)nc2c1CN(C(=O)Cc1ccccc1)CC2. The Morgan fingerprint density at radius 1 is 1.07 bits per heavy atom. The molecule has 0 saturated carbocycles. The molecule has 1 amide bonds. The van der Waals surface area contributed by atoms with E-state index in [1.807, 2.05) is 35.2 Å². The van der Waals surface area contributed by atoms with Crippen LogP contribution in [-0.2, 0) is 24.2 Å². The molecule has 6 nitrogen and oxygen atoms in total. The standard InChI is InChI=1S/C24H33N5O/c1-18(2)27(3)23-20-17-29(22(30)16-19-10-6-4-7-11-19)15-12-21(20)25-24(26-23)28-13-8-5-9-14-28/h4,6-7,10-11,18H,5,8-9,12-17H2,1-3H3. The number of rotatable bonds is 5.